The van der Waals surface area contributed by atoms with E-state index in [-0.39, 0.29) is 18.3 Å². The van der Waals surface area contributed by atoms with Gasteiger partial charge in [0.1, 0.15) is 5.78 Å². The highest BCUT2D eigenvalue weighted by molar-refractivity contribution is 5.87. The Kier molecular flexibility index (Phi) is 2.54. The Labute approximate surface area is 72.4 Å². The largest absolute Gasteiger partial charge is 0.396 e. The molecule has 1 rings (SSSR count). The summed E-state index contributed by atoms with van der Waals surface area (Å²) in [5.41, 5.74) is -0.675. The van der Waals surface area contributed by atoms with E-state index in [2.05, 4.69) is 0 Å². The Hall–Kier alpha value is -0.410. The van der Waals surface area contributed by atoms with Gasteiger partial charge in [0.15, 0.2) is 0 Å². The summed E-state index contributed by atoms with van der Waals surface area (Å²) in [5.74, 6) is -0.271. The first-order valence-corrected chi connectivity index (χ1v) is 4.33. The van der Waals surface area contributed by atoms with Crippen LogP contribution in [0, 0.1) is 11.3 Å². The number of Topliss-reactive ketones (excluding diaryl/α,β-unsaturated/α-hetero) is 1. The van der Waals surface area contributed by atoms with Crippen molar-refractivity contribution < 1.29 is 15.0 Å². The van der Waals surface area contributed by atoms with Gasteiger partial charge in [-0.1, -0.05) is 13.8 Å². The van der Waals surface area contributed by atoms with Crippen molar-refractivity contribution in [3.05, 3.63) is 0 Å². The minimum absolute atomic E-state index is 0.0104. The molecule has 0 spiro atoms. The molecule has 0 bridgehead atoms. The molecule has 2 N–H and O–H groups in total. The summed E-state index contributed by atoms with van der Waals surface area (Å²) < 4.78 is 0. The average molecular weight is 172 g/mol. The maximum Gasteiger partial charge on any atom is 0.146 e. The molecule has 2 atom stereocenters. The Morgan fingerprint density at radius 3 is 2.58 bits per heavy atom. The smallest absolute Gasteiger partial charge is 0.146 e. The average Bonchev–Trinajstić information content (AvgIpc) is 2.02. The van der Waals surface area contributed by atoms with Crippen molar-refractivity contribution in [2.75, 3.05) is 6.61 Å². The van der Waals surface area contributed by atoms with Gasteiger partial charge in [-0.3, -0.25) is 4.79 Å². The van der Waals surface area contributed by atoms with Crippen molar-refractivity contribution in [3.63, 3.8) is 0 Å². The molecule has 3 heteroatoms. The molecular weight excluding hydrogens is 156 g/mol. The molecule has 0 aromatic rings. The third-order valence-electron chi connectivity index (χ3n) is 2.85. The Balaban J connectivity index is 2.78. The van der Waals surface area contributed by atoms with Gasteiger partial charge < -0.3 is 10.2 Å². The van der Waals surface area contributed by atoms with Crippen LogP contribution in [0.1, 0.15) is 26.7 Å². The van der Waals surface area contributed by atoms with E-state index in [1.165, 1.54) is 0 Å². The van der Waals surface area contributed by atoms with E-state index in [0.29, 0.717) is 12.8 Å². The fraction of sp³-hybridized carbons (Fsp3) is 0.889. The Bertz CT molecular complexity index is 186. The van der Waals surface area contributed by atoms with E-state index in [1.807, 2.05) is 0 Å². The van der Waals surface area contributed by atoms with Crippen LogP contribution in [0.25, 0.3) is 0 Å². The number of hydrogen-bond donors (Lipinski definition) is 2. The van der Waals surface area contributed by atoms with Crippen LogP contribution in [0.2, 0.25) is 0 Å². The minimum atomic E-state index is -0.675. The number of aliphatic hydroxyl groups excluding tert-OH is 2. The van der Waals surface area contributed by atoms with Gasteiger partial charge in [-0.2, -0.15) is 0 Å². The van der Waals surface area contributed by atoms with Crippen molar-refractivity contribution in [1.29, 1.82) is 0 Å². The molecule has 1 saturated carbocycles. The summed E-state index contributed by atoms with van der Waals surface area (Å²) in [6.07, 6.45) is 0.678. The van der Waals surface area contributed by atoms with E-state index in [1.54, 1.807) is 13.8 Å². The topological polar surface area (TPSA) is 57.5 Å². The summed E-state index contributed by atoms with van der Waals surface area (Å²) in [7, 11) is 0. The molecule has 3 nitrogen and oxygen atoms in total. The second-order valence-electron chi connectivity index (χ2n) is 4.06. The van der Waals surface area contributed by atoms with Gasteiger partial charge in [-0.25, -0.2) is 0 Å². The number of ketones is 1. The molecule has 70 valence electrons. The highest BCUT2D eigenvalue weighted by atomic mass is 16.3. The first kappa shape index (κ1) is 9.68. The molecule has 0 aromatic heterocycles. The van der Waals surface area contributed by atoms with E-state index >= 15 is 0 Å². The number of hydrogen-bond acceptors (Lipinski definition) is 3. The zero-order valence-corrected chi connectivity index (χ0v) is 7.58. The van der Waals surface area contributed by atoms with Crippen molar-refractivity contribution >= 4 is 5.78 Å². The lowest BCUT2D eigenvalue weighted by atomic mass is 9.69. The maximum atomic E-state index is 11.6. The van der Waals surface area contributed by atoms with Crippen LogP contribution in [0.5, 0.6) is 0 Å². The minimum Gasteiger partial charge on any atom is -0.396 e. The highest BCUT2D eigenvalue weighted by Crippen LogP contribution is 2.35. The molecular formula is C9H16O3. The molecule has 1 aliphatic carbocycles. The molecule has 0 aromatic carbocycles. The zero-order valence-electron chi connectivity index (χ0n) is 7.58. The van der Waals surface area contributed by atoms with Gasteiger partial charge >= 0.3 is 0 Å². The molecule has 12 heavy (non-hydrogen) atoms. The summed E-state index contributed by atoms with van der Waals surface area (Å²) >= 11 is 0. The fourth-order valence-electron chi connectivity index (χ4n) is 1.72. The van der Waals surface area contributed by atoms with Crippen molar-refractivity contribution in [3.8, 4) is 0 Å². The van der Waals surface area contributed by atoms with Crippen LogP contribution in [-0.2, 0) is 4.79 Å². The first-order valence-electron chi connectivity index (χ1n) is 4.33. The number of carbonyl (C=O) groups excluding carboxylic acids is 1. The third-order valence-corrected chi connectivity index (χ3v) is 2.85. The molecule has 0 amide bonds. The van der Waals surface area contributed by atoms with E-state index in [0.717, 1.165) is 0 Å². The molecule has 0 saturated heterocycles. The lowest BCUT2D eigenvalue weighted by Gasteiger charge is -2.37. The summed E-state index contributed by atoms with van der Waals surface area (Å²) in [5, 5.41) is 18.4. The predicted octanol–water partition coefficient (Wildman–Crippen LogP) is 0.345. The van der Waals surface area contributed by atoms with Crippen molar-refractivity contribution in [2.45, 2.75) is 32.8 Å². The van der Waals surface area contributed by atoms with Crippen LogP contribution in [0.4, 0.5) is 0 Å². The molecule has 1 aliphatic rings. The van der Waals surface area contributed by atoms with Crippen LogP contribution in [0.3, 0.4) is 0 Å². The second kappa shape index (κ2) is 3.15. The summed E-state index contributed by atoms with van der Waals surface area (Å²) in [4.78, 5) is 11.6. The number of rotatable bonds is 1. The van der Waals surface area contributed by atoms with E-state index in [4.69, 9.17) is 5.11 Å². The molecule has 0 aliphatic heterocycles. The van der Waals surface area contributed by atoms with Crippen LogP contribution in [-0.4, -0.2) is 28.7 Å². The van der Waals surface area contributed by atoms with Gasteiger partial charge in [0, 0.05) is 11.3 Å². The highest BCUT2D eigenvalue weighted by Gasteiger charge is 2.43. The quantitative estimate of drug-likeness (QED) is 0.600. The SMILES string of the molecule is CC1(C)C(=O)[C@H](CO)CC[C@@H]1O. The van der Waals surface area contributed by atoms with Crippen molar-refractivity contribution in [2.24, 2.45) is 11.3 Å². The summed E-state index contributed by atoms with van der Waals surface area (Å²) in [6, 6.07) is 0. The van der Waals surface area contributed by atoms with Crippen LogP contribution in [0.15, 0.2) is 0 Å². The monoisotopic (exact) mass is 172 g/mol. The lowest BCUT2D eigenvalue weighted by molar-refractivity contribution is -0.144. The van der Waals surface area contributed by atoms with Crippen molar-refractivity contribution in [1.82, 2.24) is 0 Å². The molecule has 0 radical (unpaired) electrons. The fourth-order valence-corrected chi connectivity index (χ4v) is 1.72. The zero-order chi connectivity index (χ0) is 9.35. The van der Waals surface area contributed by atoms with Gasteiger partial charge in [0.25, 0.3) is 0 Å². The van der Waals surface area contributed by atoms with Crippen LogP contribution >= 0.6 is 0 Å². The number of carbonyl (C=O) groups is 1. The lowest BCUT2D eigenvalue weighted by Crippen LogP contribution is -2.46. The van der Waals surface area contributed by atoms with Gasteiger partial charge in [-0.15, -0.1) is 0 Å². The maximum absolute atomic E-state index is 11.6. The first-order chi connectivity index (χ1) is 5.50. The standard InChI is InChI=1S/C9H16O3/c1-9(2)7(11)4-3-6(5-10)8(9)12/h6-7,10-11H,3-5H2,1-2H3/t6-,7-/m0/s1. The predicted molar refractivity (Wildman–Crippen MR) is 44.6 cm³/mol. The molecule has 1 fully saturated rings. The van der Waals surface area contributed by atoms with E-state index in [9.17, 15) is 9.90 Å². The van der Waals surface area contributed by atoms with Crippen LogP contribution < -0.4 is 0 Å². The summed E-state index contributed by atoms with van der Waals surface area (Å²) in [6.45, 7) is 3.39. The van der Waals surface area contributed by atoms with Gasteiger partial charge in [-0.05, 0) is 12.8 Å². The van der Waals surface area contributed by atoms with Gasteiger partial charge in [0.2, 0.25) is 0 Å². The third kappa shape index (κ3) is 1.39. The Morgan fingerprint density at radius 2 is 2.08 bits per heavy atom. The molecule has 0 heterocycles. The second-order valence-corrected chi connectivity index (χ2v) is 4.06. The Morgan fingerprint density at radius 1 is 1.50 bits per heavy atom. The number of aliphatic hydroxyl groups is 2. The normalized spacial score (nSPS) is 35.2. The van der Waals surface area contributed by atoms with E-state index < -0.39 is 11.5 Å². The molecule has 0 unspecified atom stereocenters. The van der Waals surface area contributed by atoms with Gasteiger partial charge in [0.05, 0.1) is 12.7 Å².